The quantitative estimate of drug-likeness (QED) is 0.465. The summed E-state index contributed by atoms with van der Waals surface area (Å²) in [6.45, 7) is 4.59. The zero-order valence-corrected chi connectivity index (χ0v) is 9.39. The van der Waals surface area contributed by atoms with Crippen LogP contribution in [0.5, 0.6) is 0 Å². The molecule has 12 heavy (non-hydrogen) atoms. The van der Waals surface area contributed by atoms with Gasteiger partial charge in [-0.05, 0) is 13.0 Å². The predicted molar refractivity (Wildman–Crippen MR) is 51.9 cm³/mol. The summed E-state index contributed by atoms with van der Waals surface area (Å²) in [4.78, 5) is 0. The maximum atomic E-state index is 5.41. The summed E-state index contributed by atoms with van der Waals surface area (Å²) >= 11 is 0. The van der Waals surface area contributed by atoms with Gasteiger partial charge in [0.05, 0.1) is 5.67 Å². The Bertz CT molecular complexity index is 120. The molecule has 0 aliphatic heterocycles. The lowest BCUT2D eigenvalue weighted by Crippen LogP contribution is -2.57. The molecule has 0 radical (unpaired) electrons. The third-order valence-corrected chi connectivity index (χ3v) is 5.72. The standard InChI is InChI=1S/C7H20N2O2Si/c1-5-7(9-6-8)12(4,10-2)11-3/h7,9H,5-6,8H2,1-4H3. The number of hydrogen-bond donors (Lipinski definition) is 2. The van der Waals surface area contributed by atoms with E-state index in [1.54, 1.807) is 14.2 Å². The van der Waals surface area contributed by atoms with Gasteiger partial charge in [0.1, 0.15) is 0 Å². The van der Waals surface area contributed by atoms with Gasteiger partial charge in [-0.1, -0.05) is 6.92 Å². The van der Waals surface area contributed by atoms with Crippen molar-refractivity contribution in [3.05, 3.63) is 0 Å². The van der Waals surface area contributed by atoms with E-state index >= 15 is 0 Å². The Hall–Kier alpha value is 0.0569. The molecule has 0 aliphatic rings. The molecule has 3 N–H and O–H groups in total. The maximum Gasteiger partial charge on any atom is 0.351 e. The van der Waals surface area contributed by atoms with E-state index in [4.69, 9.17) is 14.6 Å². The van der Waals surface area contributed by atoms with Crippen LogP contribution in [-0.2, 0) is 8.85 Å². The summed E-state index contributed by atoms with van der Waals surface area (Å²) in [6.07, 6.45) is 0.974. The molecule has 0 fully saturated rings. The fourth-order valence-electron chi connectivity index (χ4n) is 1.21. The monoisotopic (exact) mass is 192 g/mol. The lowest BCUT2D eigenvalue weighted by atomic mass is 10.5. The third-order valence-electron chi connectivity index (χ3n) is 2.22. The van der Waals surface area contributed by atoms with E-state index in [1.807, 2.05) is 6.55 Å². The number of nitrogens with two attached hydrogens (primary N) is 1. The molecule has 1 atom stereocenters. The van der Waals surface area contributed by atoms with E-state index in [1.165, 1.54) is 0 Å². The number of hydrogen-bond acceptors (Lipinski definition) is 4. The lowest BCUT2D eigenvalue weighted by molar-refractivity contribution is 0.228. The Morgan fingerprint density at radius 2 is 1.92 bits per heavy atom. The summed E-state index contributed by atoms with van der Waals surface area (Å²) < 4.78 is 10.8. The van der Waals surface area contributed by atoms with Crippen LogP contribution in [0.25, 0.3) is 0 Å². The molecule has 5 heteroatoms. The largest absolute Gasteiger partial charge is 0.397 e. The molecule has 0 bridgehead atoms. The first kappa shape index (κ1) is 12.1. The van der Waals surface area contributed by atoms with Gasteiger partial charge in [-0.3, -0.25) is 5.32 Å². The van der Waals surface area contributed by atoms with Crippen LogP contribution < -0.4 is 11.1 Å². The van der Waals surface area contributed by atoms with Crippen molar-refractivity contribution in [1.29, 1.82) is 0 Å². The van der Waals surface area contributed by atoms with Crippen LogP contribution in [0.15, 0.2) is 0 Å². The van der Waals surface area contributed by atoms with Crippen LogP contribution in [0.2, 0.25) is 6.55 Å². The molecule has 0 amide bonds. The van der Waals surface area contributed by atoms with Crippen molar-refractivity contribution in [3.63, 3.8) is 0 Å². The fraction of sp³-hybridized carbons (Fsp3) is 1.00. The summed E-state index contributed by atoms with van der Waals surface area (Å²) in [6, 6.07) is 0. The second-order valence-electron chi connectivity index (χ2n) is 2.79. The van der Waals surface area contributed by atoms with E-state index in [0.29, 0.717) is 6.67 Å². The molecule has 0 spiro atoms. The van der Waals surface area contributed by atoms with E-state index in [9.17, 15) is 0 Å². The highest BCUT2D eigenvalue weighted by atomic mass is 28.4. The summed E-state index contributed by atoms with van der Waals surface area (Å²) in [7, 11) is 1.34. The van der Waals surface area contributed by atoms with Crippen LogP contribution >= 0.6 is 0 Å². The zero-order chi connectivity index (χ0) is 9.61. The van der Waals surface area contributed by atoms with Crippen molar-refractivity contribution >= 4 is 8.56 Å². The number of rotatable bonds is 6. The highest BCUT2D eigenvalue weighted by Crippen LogP contribution is 2.12. The van der Waals surface area contributed by atoms with Crippen LogP contribution in [0.1, 0.15) is 13.3 Å². The molecule has 0 saturated heterocycles. The molecule has 1 unspecified atom stereocenters. The van der Waals surface area contributed by atoms with E-state index in [2.05, 4.69) is 12.2 Å². The van der Waals surface area contributed by atoms with Gasteiger partial charge in [0.25, 0.3) is 0 Å². The van der Waals surface area contributed by atoms with Gasteiger partial charge in [0, 0.05) is 20.9 Å². The van der Waals surface area contributed by atoms with Gasteiger partial charge < -0.3 is 14.6 Å². The summed E-state index contributed by atoms with van der Waals surface area (Å²) in [5.41, 5.74) is 5.67. The molecule has 0 heterocycles. The van der Waals surface area contributed by atoms with Gasteiger partial charge in [0.2, 0.25) is 0 Å². The Morgan fingerprint density at radius 3 is 2.17 bits per heavy atom. The van der Waals surface area contributed by atoms with Crippen molar-refractivity contribution in [2.75, 3.05) is 20.9 Å². The highest BCUT2D eigenvalue weighted by molar-refractivity contribution is 6.67. The van der Waals surface area contributed by atoms with Crippen molar-refractivity contribution in [3.8, 4) is 0 Å². The lowest BCUT2D eigenvalue weighted by Gasteiger charge is -2.31. The minimum absolute atomic E-state index is 0.262. The van der Waals surface area contributed by atoms with Gasteiger partial charge in [-0.2, -0.15) is 0 Å². The highest BCUT2D eigenvalue weighted by Gasteiger charge is 2.37. The van der Waals surface area contributed by atoms with Gasteiger partial charge >= 0.3 is 8.56 Å². The van der Waals surface area contributed by atoms with Crippen molar-refractivity contribution in [2.24, 2.45) is 5.73 Å². The molecule has 74 valence electrons. The molecule has 0 aromatic rings. The van der Waals surface area contributed by atoms with Crippen LogP contribution in [-0.4, -0.2) is 35.1 Å². The first-order valence-electron chi connectivity index (χ1n) is 4.18. The van der Waals surface area contributed by atoms with Gasteiger partial charge in [-0.15, -0.1) is 0 Å². The minimum Gasteiger partial charge on any atom is -0.397 e. The minimum atomic E-state index is -2.04. The SMILES string of the molecule is CCC(NCN)[Si](C)(OC)OC. The maximum absolute atomic E-state index is 5.41. The molecule has 0 aromatic heterocycles. The summed E-state index contributed by atoms with van der Waals surface area (Å²) in [5.74, 6) is 0. The van der Waals surface area contributed by atoms with E-state index < -0.39 is 8.56 Å². The smallest absolute Gasteiger partial charge is 0.351 e. The molecule has 0 saturated carbocycles. The number of nitrogens with one attached hydrogen (secondary N) is 1. The topological polar surface area (TPSA) is 56.5 Å². The molecule has 0 rings (SSSR count). The normalized spacial score (nSPS) is 14.8. The second-order valence-corrected chi connectivity index (χ2v) is 6.34. The van der Waals surface area contributed by atoms with Crippen molar-refractivity contribution < 1.29 is 8.85 Å². The van der Waals surface area contributed by atoms with E-state index in [-0.39, 0.29) is 5.67 Å². The van der Waals surface area contributed by atoms with Crippen LogP contribution in [0.4, 0.5) is 0 Å². The van der Waals surface area contributed by atoms with Crippen LogP contribution in [0.3, 0.4) is 0 Å². The second kappa shape index (κ2) is 5.66. The van der Waals surface area contributed by atoms with Gasteiger partial charge in [-0.25, -0.2) is 0 Å². The molecule has 4 nitrogen and oxygen atoms in total. The fourth-order valence-corrected chi connectivity index (χ4v) is 3.18. The van der Waals surface area contributed by atoms with E-state index in [0.717, 1.165) is 6.42 Å². The molecular weight excluding hydrogens is 172 g/mol. The Morgan fingerprint density at radius 1 is 1.42 bits per heavy atom. The summed E-state index contributed by atoms with van der Waals surface area (Å²) in [5, 5.41) is 3.16. The van der Waals surface area contributed by atoms with Crippen molar-refractivity contribution in [2.45, 2.75) is 25.6 Å². The molecule has 0 aromatic carbocycles. The molecule has 0 aliphatic carbocycles. The zero-order valence-electron chi connectivity index (χ0n) is 8.39. The molecular formula is C7H20N2O2Si. The average molecular weight is 192 g/mol. The Kier molecular flexibility index (Phi) is 5.69. The Labute approximate surface area is 75.7 Å². The van der Waals surface area contributed by atoms with Crippen molar-refractivity contribution in [1.82, 2.24) is 5.32 Å². The average Bonchev–Trinajstić information content (AvgIpc) is 2.13. The Balaban J connectivity index is 4.21. The predicted octanol–water partition coefficient (Wildman–Crippen LogP) is 0.175. The first-order valence-corrected chi connectivity index (χ1v) is 6.57. The van der Waals surface area contributed by atoms with Crippen LogP contribution in [0, 0.1) is 0 Å². The first-order chi connectivity index (χ1) is 5.64. The third kappa shape index (κ3) is 2.84. The van der Waals surface area contributed by atoms with Gasteiger partial charge in [0.15, 0.2) is 0 Å².